The minimum atomic E-state index is -7.83. The lowest BCUT2D eigenvalue weighted by Crippen LogP contribution is -2.71. The van der Waals surface area contributed by atoms with Crippen LogP contribution in [-0.2, 0) is 0 Å². The fourth-order valence-corrected chi connectivity index (χ4v) is 4.00. The first-order valence-corrected chi connectivity index (χ1v) is 9.21. The van der Waals surface area contributed by atoms with Gasteiger partial charge in [0, 0.05) is 5.92 Å². The van der Waals surface area contributed by atoms with E-state index in [1.807, 2.05) is 0 Å². The Morgan fingerprint density at radius 1 is 0.600 bits per heavy atom. The van der Waals surface area contributed by atoms with Crippen LogP contribution < -0.4 is 0 Å². The van der Waals surface area contributed by atoms with Crippen molar-refractivity contribution in [3.8, 4) is 0 Å². The second-order valence-corrected chi connectivity index (χ2v) is 7.59. The molecular weight excluding hydrogens is 451 g/mol. The molecular formula is C17H21F13. The smallest absolute Gasteiger partial charge is 0.199 e. The van der Waals surface area contributed by atoms with E-state index >= 15 is 0 Å². The van der Waals surface area contributed by atoms with Gasteiger partial charge in [-0.15, -0.1) is 0 Å². The van der Waals surface area contributed by atoms with Crippen molar-refractivity contribution in [2.45, 2.75) is 88.2 Å². The average molecular weight is 472 g/mol. The molecule has 3 atom stereocenters. The van der Waals surface area contributed by atoms with Crippen LogP contribution in [0.15, 0.2) is 0 Å². The summed E-state index contributed by atoms with van der Waals surface area (Å²) in [5.74, 6) is -41.5. The van der Waals surface area contributed by atoms with Gasteiger partial charge < -0.3 is 0 Å². The summed E-state index contributed by atoms with van der Waals surface area (Å²) in [6.45, 7) is 2.88. The van der Waals surface area contributed by atoms with Gasteiger partial charge in [0.25, 0.3) is 0 Å². The molecule has 1 aliphatic rings. The summed E-state index contributed by atoms with van der Waals surface area (Å²) in [5, 5.41) is 0. The summed E-state index contributed by atoms with van der Waals surface area (Å²) in [6, 6.07) is 0. The van der Waals surface area contributed by atoms with E-state index in [1.165, 1.54) is 6.92 Å². The molecule has 0 nitrogen and oxygen atoms in total. The molecule has 0 radical (unpaired) electrons. The Labute approximate surface area is 164 Å². The zero-order chi connectivity index (χ0) is 24.0. The van der Waals surface area contributed by atoms with Crippen LogP contribution in [0, 0.1) is 17.8 Å². The van der Waals surface area contributed by atoms with Crippen molar-refractivity contribution in [3.05, 3.63) is 0 Å². The largest absolute Gasteiger partial charge is 0.460 e. The van der Waals surface area contributed by atoms with Gasteiger partial charge in [-0.05, 0) is 31.1 Å². The molecule has 13 heteroatoms. The number of hydrogen-bond acceptors (Lipinski definition) is 0. The van der Waals surface area contributed by atoms with Crippen molar-refractivity contribution in [1.82, 2.24) is 0 Å². The molecule has 0 aromatic heterocycles. The van der Waals surface area contributed by atoms with E-state index in [0.717, 1.165) is 0 Å². The Morgan fingerprint density at radius 3 is 1.43 bits per heavy atom. The van der Waals surface area contributed by atoms with Crippen molar-refractivity contribution < 1.29 is 57.1 Å². The summed E-state index contributed by atoms with van der Waals surface area (Å²) in [5.41, 5.74) is 0. The predicted molar refractivity (Wildman–Crippen MR) is 80.3 cm³/mol. The summed E-state index contributed by atoms with van der Waals surface area (Å²) in [7, 11) is 0. The summed E-state index contributed by atoms with van der Waals surface area (Å²) in [6.07, 6.45) is -7.35. The number of halogens is 13. The van der Waals surface area contributed by atoms with Crippen molar-refractivity contribution in [3.63, 3.8) is 0 Å². The molecule has 3 unspecified atom stereocenters. The van der Waals surface area contributed by atoms with Gasteiger partial charge in [0.15, 0.2) is 0 Å². The second-order valence-electron chi connectivity index (χ2n) is 7.59. The van der Waals surface area contributed by atoms with Crippen LogP contribution in [0.2, 0.25) is 0 Å². The fraction of sp³-hybridized carbons (Fsp3) is 1.00. The van der Waals surface area contributed by atoms with Crippen LogP contribution in [0.4, 0.5) is 57.1 Å². The minimum absolute atomic E-state index is 0.116. The van der Waals surface area contributed by atoms with Gasteiger partial charge in [0.1, 0.15) is 0 Å². The predicted octanol–water partition coefficient (Wildman–Crippen LogP) is 7.97. The van der Waals surface area contributed by atoms with E-state index in [1.54, 1.807) is 6.92 Å². The fourth-order valence-electron chi connectivity index (χ4n) is 4.00. The third kappa shape index (κ3) is 3.86. The lowest BCUT2D eigenvalue weighted by atomic mass is 9.76. The highest BCUT2D eigenvalue weighted by Gasteiger charge is 2.91. The normalized spacial score (nSPS) is 25.1. The second kappa shape index (κ2) is 8.22. The van der Waals surface area contributed by atoms with Crippen LogP contribution in [0.1, 0.15) is 52.4 Å². The molecule has 1 saturated carbocycles. The van der Waals surface area contributed by atoms with E-state index in [4.69, 9.17) is 0 Å². The first-order valence-electron chi connectivity index (χ1n) is 9.21. The maximum absolute atomic E-state index is 14.6. The summed E-state index contributed by atoms with van der Waals surface area (Å²) >= 11 is 0. The standard InChI is InChI=1S/C17H21F13/c1-3-5-6-10-8-7-9(4-2)11(10)12(18,19)13(20,21)14(22,23)15(24,25)16(26,27)17(28,29)30/h9-11H,3-8H2,1-2H3. The molecule has 0 aromatic rings. The Balaban J connectivity index is 3.50. The van der Waals surface area contributed by atoms with Gasteiger partial charge in [0.2, 0.25) is 0 Å². The first kappa shape index (κ1) is 27.1. The quantitative estimate of drug-likeness (QED) is 0.299. The molecule has 0 aromatic carbocycles. The molecule has 1 rings (SSSR count). The number of hydrogen-bond donors (Lipinski definition) is 0. The van der Waals surface area contributed by atoms with E-state index < -0.39 is 53.5 Å². The van der Waals surface area contributed by atoms with Gasteiger partial charge in [-0.3, -0.25) is 0 Å². The molecule has 30 heavy (non-hydrogen) atoms. The number of unbranched alkanes of at least 4 members (excludes halogenated alkanes) is 1. The zero-order valence-corrected chi connectivity index (χ0v) is 15.9. The number of alkyl halides is 13. The van der Waals surface area contributed by atoms with Gasteiger partial charge in [-0.25, -0.2) is 0 Å². The van der Waals surface area contributed by atoms with E-state index in [0.29, 0.717) is 6.42 Å². The van der Waals surface area contributed by atoms with Crippen molar-refractivity contribution in [2.24, 2.45) is 17.8 Å². The topological polar surface area (TPSA) is 0 Å². The van der Waals surface area contributed by atoms with Gasteiger partial charge in [-0.2, -0.15) is 57.1 Å². The van der Waals surface area contributed by atoms with E-state index in [9.17, 15) is 57.1 Å². The lowest BCUT2D eigenvalue weighted by molar-refractivity contribution is -0.444. The van der Waals surface area contributed by atoms with Crippen molar-refractivity contribution in [2.75, 3.05) is 0 Å². The Morgan fingerprint density at radius 2 is 1.03 bits per heavy atom. The number of rotatable bonds is 9. The molecule has 0 bridgehead atoms. The maximum atomic E-state index is 14.6. The SMILES string of the molecule is CCCCC1CCC(CC)C1C(F)(F)C(F)(F)C(F)(F)C(F)(F)C(F)(F)C(F)(F)F. The molecule has 0 amide bonds. The minimum Gasteiger partial charge on any atom is -0.199 e. The van der Waals surface area contributed by atoms with Crippen molar-refractivity contribution in [1.29, 1.82) is 0 Å². The molecule has 0 saturated heterocycles. The zero-order valence-electron chi connectivity index (χ0n) is 15.9. The summed E-state index contributed by atoms with van der Waals surface area (Å²) in [4.78, 5) is 0. The Kier molecular flexibility index (Phi) is 7.43. The van der Waals surface area contributed by atoms with Crippen LogP contribution >= 0.6 is 0 Å². The monoisotopic (exact) mass is 472 g/mol. The third-order valence-corrected chi connectivity index (χ3v) is 5.75. The Bertz CT molecular complexity index is 579. The molecule has 0 heterocycles. The maximum Gasteiger partial charge on any atom is 0.460 e. The van der Waals surface area contributed by atoms with E-state index in [-0.39, 0.29) is 32.1 Å². The lowest BCUT2D eigenvalue weighted by Gasteiger charge is -2.43. The molecule has 180 valence electrons. The van der Waals surface area contributed by atoms with Gasteiger partial charge >= 0.3 is 35.8 Å². The Hall–Kier alpha value is -0.910. The molecule has 0 spiro atoms. The van der Waals surface area contributed by atoms with Gasteiger partial charge in [0.05, 0.1) is 0 Å². The van der Waals surface area contributed by atoms with E-state index in [2.05, 4.69) is 0 Å². The van der Waals surface area contributed by atoms with Gasteiger partial charge in [-0.1, -0.05) is 33.1 Å². The highest BCUT2D eigenvalue weighted by atomic mass is 19.4. The van der Waals surface area contributed by atoms with Crippen molar-refractivity contribution >= 4 is 0 Å². The molecule has 1 fully saturated rings. The van der Waals surface area contributed by atoms with Crippen LogP contribution in [0.5, 0.6) is 0 Å². The van der Waals surface area contributed by atoms with Crippen LogP contribution in [0.25, 0.3) is 0 Å². The summed E-state index contributed by atoms with van der Waals surface area (Å²) < 4.78 is 175. The highest BCUT2D eigenvalue weighted by Crippen LogP contribution is 2.64. The molecule has 1 aliphatic carbocycles. The van der Waals surface area contributed by atoms with Crippen LogP contribution in [-0.4, -0.2) is 35.8 Å². The third-order valence-electron chi connectivity index (χ3n) is 5.75. The highest BCUT2D eigenvalue weighted by molar-refractivity contribution is 5.13. The van der Waals surface area contributed by atoms with Crippen LogP contribution in [0.3, 0.4) is 0 Å². The molecule has 0 aliphatic heterocycles. The average Bonchev–Trinajstić information content (AvgIpc) is 3.01. The first-order chi connectivity index (χ1) is 13.3. The molecule has 0 N–H and O–H groups in total.